The number of thioether (sulfide) groups is 1. The van der Waals surface area contributed by atoms with Gasteiger partial charge >= 0.3 is 0 Å². The average Bonchev–Trinajstić information content (AvgIpc) is 2.81. The van der Waals surface area contributed by atoms with Crippen LogP contribution in [0, 0.1) is 6.92 Å². The zero-order valence-electron chi connectivity index (χ0n) is 11.3. The normalized spacial score (nSPS) is 12.4. The molecule has 0 aliphatic rings. The van der Waals surface area contributed by atoms with Crippen molar-refractivity contribution >= 4 is 23.4 Å². The van der Waals surface area contributed by atoms with Crippen molar-refractivity contribution in [3.63, 3.8) is 0 Å². The molecule has 1 aromatic carbocycles. The molecule has 1 N–H and O–H groups in total. The second-order valence-corrected chi connectivity index (χ2v) is 5.83. The number of ether oxygens (including phenoxy) is 1. The Morgan fingerprint density at radius 3 is 2.95 bits per heavy atom. The van der Waals surface area contributed by atoms with E-state index in [9.17, 15) is 5.11 Å². The van der Waals surface area contributed by atoms with Crippen LogP contribution in [0.3, 0.4) is 0 Å². The molecule has 108 valence electrons. The molecule has 2 rings (SSSR count). The first-order valence-electron chi connectivity index (χ1n) is 6.10. The summed E-state index contributed by atoms with van der Waals surface area (Å²) in [5.41, 5.74) is 0.950. The van der Waals surface area contributed by atoms with Crippen LogP contribution in [0.4, 0.5) is 0 Å². The van der Waals surface area contributed by atoms with E-state index in [2.05, 4.69) is 10.2 Å². The number of nitrogens with zero attached hydrogens (tertiary/aromatic N) is 3. The van der Waals surface area contributed by atoms with Crippen molar-refractivity contribution in [2.24, 2.45) is 7.05 Å². The summed E-state index contributed by atoms with van der Waals surface area (Å²) in [5, 5.41) is 19.1. The number of hydrogen-bond acceptors (Lipinski definition) is 5. The van der Waals surface area contributed by atoms with Crippen LogP contribution in [-0.4, -0.2) is 38.3 Å². The Balaban J connectivity index is 1.80. The van der Waals surface area contributed by atoms with Crippen molar-refractivity contribution in [1.82, 2.24) is 14.8 Å². The smallest absolute Gasteiger partial charge is 0.190 e. The minimum absolute atomic E-state index is 0.229. The quantitative estimate of drug-likeness (QED) is 0.829. The van der Waals surface area contributed by atoms with E-state index in [1.807, 2.05) is 24.6 Å². The summed E-state index contributed by atoms with van der Waals surface area (Å²) in [5.74, 6) is 1.23. The van der Waals surface area contributed by atoms with Gasteiger partial charge in [-0.15, -0.1) is 10.2 Å². The van der Waals surface area contributed by atoms with E-state index in [-0.39, 0.29) is 6.61 Å². The van der Waals surface area contributed by atoms with Gasteiger partial charge in [-0.3, -0.25) is 0 Å². The van der Waals surface area contributed by atoms with Gasteiger partial charge in [-0.1, -0.05) is 23.4 Å². The van der Waals surface area contributed by atoms with Crippen LogP contribution in [0.5, 0.6) is 5.75 Å². The minimum atomic E-state index is -0.577. The number of aryl methyl sites for hydroxylation is 2. The lowest BCUT2D eigenvalue weighted by molar-refractivity contribution is 0.126. The maximum absolute atomic E-state index is 9.92. The van der Waals surface area contributed by atoms with Crippen molar-refractivity contribution in [3.8, 4) is 5.75 Å². The lowest BCUT2D eigenvalue weighted by Crippen LogP contribution is -2.20. The molecule has 1 unspecified atom stereocenters. The van der Waals surface area contributed by atoms with Crippen LogP contribution in [0.1, 0.15) is 5.56 Å². The van der Waals surface area contributed by atoms with Crippen LogP contribution in [0.15, 0.2) is 29.7 Å². The van der Waals surface area contributed by atoms with E-state index in [4.69, 9.17) is 16.3 Å². The highest BCUT2D eigenvalue weighted by Crippen LogP contribution is 2.22. The van der Waals surface area contributed by atoms with Gasteiger partial charge in [-0.05, 0) is 30.7 Å². The number of aliphatic hydroxyl groups is 1. The number of rotatable bonds is 6. The molecule has 0 amide bonds. The van der Waals surface area contributed by atoms with E-state index >= 15 is 0 Å². The molecular weight excluding hydrogens is 298 g/mol. The molecular formula is C13H16ClN3O2S. The van der Waals surface area contributed by atoms with Gasteiger partial charge in [-0.25, -0.2) is 0 Å². The predicted molar refractivity (Wildman–Crippen MR) is 79.4 cm³/mol. The molecule has 1 atom stereocenters. The summed E-state index contributed by atoms with van der Waals surface area (Å²) in [4.78, 5) is 0. The van der Waals surface area contributed by atoms with Crippen LogP contribution >= 0.6 is 23.4 Å². The van der Waals surface area contributed by atoms with Crippen LogP contribution in [0.25, 0.3) is 0 Å². The molecule has 0 saturated carbocycles. The highest BCUT2D eigenvalue weighted by Gasteiger charge is 2.10. The molecule has 1 heterocycles. The summed E-state index contributed by atoms with van der Waals surface area (Å²) in [7, 11) is 1.86. The van der Waals surface area contributed by atoms with Crippen LogP contribution < -0.4 is 4.74 Å². The zero-order chi connectivity index (χ0) is 14.5. The van der Waals surface area contributed by atoms with Crippen molar-refractivity contribution in [2.75, 3.05) is 12.4 Å². The molecule has 0 fully saturated rings. The molecule has 0 aliphatic heterocycles. The second-order valence-electron chi connectivity index (χ2n) is 4.41. The van der Waals surface area contributed by atoms with Crippen LogP contribution in [0.2, 0.25) is 5.02 Å². The van der Waals surface area contributed by atoms with Gasteiger partial charge in [0.1, 0.15) is 18.7 Å². The summed E-state index contributed by atoms with van der Waals surface area (Å²) >= 11 is 7.32. The summed E-state index contributed by atoms with van der Waals surface area (Å²) in [6, 6.07) is 5.41. The van der Waals surface area contributed by atoms with Gasteiger partial charge in [0.05, 0.1) is 6.10 Å². The lowest BCUT2D eigenvalue weighted by Gasteiger charge is -2.13. The fourth-order valence-corrected chi connectivity index (χ4v) is 2.60. The van der Waals surface area contributed by atoms with E-state index in [1.54, 1.807) is 18.5 Å². The third kappa shape index (κ3) is 4.13. The molecule has 5 nitrogen and oxygen atoms in total. The Morgan fingerprint density at radius 2 is 2.30 bits per heavy atom. The van der Waals surface area contributed by atoms with Gasteiger partial charge in [0.15, 0.2) is 5.16 Å². The van der Waals surface area contributed by atoms with Crippen molar-refractivity contribution in [1.29, 1.82) is 0 Å². The number of benzene rings is 1. The largest absolute Gasteiger partial charge is 0.491 e. The van der Waals surface area contributed by atoms with Crippen molar-refractivity contribution < 1.29 is 9.84 Å². The van der Waals surface area contributed by atoms with Crippen molar-refractivity contribution in [3.05, 3.63) is 35.1 Å². The summed E-state index contributed by atoms with van der Waals surface area (Å²) in [6.07, 6.45) is 1.05. The monoisotopic (exact) mass is 313 g/mol. The number of aromatic nitrogens is 3. The molecule has 0 bridgehead atoms. The fourth-order valence-electron chi connectivity index (χ4n) is 1.58. The minimum Gasteiger partial charge on any atom is -0.491 e. The molecule has 7 heteroatoms. The van der Waals surface area contributed by atoms with Crippen molar-refractivity contribution in [2.45, 2.75) is 18.2 Å². The highest BCUT2D eigenvalue weighted by atomic mass is 35.5. The molecule has 0 saturated heterocycles. The number of halogens is 1. The topological polar surface area (TPSA) is 60.2 Å². The molecule has 0 radical (unpaired) electrons. The standard InChI is InChI=1S/C13H16ClN3O2S/c1-9-5-10(14)3-4-12(9)19-6-11(18)7-20-13-16-15-8-17(13)2/h3-5,8,11,18H,6-7H2,1-2H3. The Bertz CT molecular complexity index is 576. The first kappa shape index (κ1) is 15.2. The van der Waals surface area contributed by atoms with E-state index in [0.717, 1.165) is 16.5 Å². The maximum atomic E-state index is 9.92. The highest BCUT2D eigenvalue weighted by molar-refractivity contribution is 7.99. The lowest BCUT2D eigenvalue weighted by atomic mass is 10.2. The molecule has 1 aromatic heterocycles. The molecule has 0 aliphatic carbocycles. The predicted octanol–water partition coefficient (Wildman–Crippen LogP) is 2.31. The third-order valence-electron chi connectivity index (χ3n) is 2.64. The van der Waals surface area contributed by atoms with Gasteiger partial charge in [0, 0.05) is 17.8 Å². The first-order chi connectivity index (χ1) is 9.56. The molecule has 2 aromatic rings. The third-order valence-corrected chi connectivity index (χ3v) is 4.06. The Hall–Kier alpha value is -1.24. The summed E-state index contributed by atoms with van der Waals surface area (Å²) in [6.45, 7) is 2.15. The number of aliphatic hydroxyl groups excluding tert-OH is 1. The second kappa shape index (κ2) is 6.97. The van der Waals surface area contributed by atoms with Crippen LogP contribution in [-0.2, 0) is 7.05 Å². The molecule has 20 heavy (non-hydrogen) atoms. The van der Waals surface area contributed by atoms with Gasteiger partial charge < -0.3 is 14.4 Å². The van der Waals surface area contributed by atoms with E-state index in [1.165, 1.54) is 11.8 Å². The SMILES string of the molecule is Cc1cc(Cl)ccc1OCC(O)CSc1nncn1C. The summed E-state index contributed by atoms with van der Waals surface area (Å²) < 4.78 is 7.40. The van der Waals surface area contributed by atoms with Gasteiger partial charge in [0.25, 0.3) is 0 Å². The van der Waals surface area contributed by atoms with E-state index in [0.29, 0.717) is 10.8 Å². The Labute approximate surface area is 126 Å². The Kier molecular flexibility index (Phi) is 5.28. The zero-order valence-corrected chi connectivity index (χ0v) is 12.9. The van der Waals surface area contributed by atoms with E-state index < -0.39 is 6.10 Å². The fraction of sp³-hybridized carbons (Fsp3) is 0.385. The van der Waals surface area contributed by atoms with Gasteiger partial charge in [-0.2, -0.15) is 0 Å². The Morgan fingerprint density at radius 1 is 1.50 bits per heavy atom. The number of hydrogen-bond donors (Lipinski definition) is 1. The van der Waals surface area contributed by atoms with Gasteiger partial charge in [0.2, 0.25) is 0 Å². The average molecular weight is 314 g/mol. The maximum Gasteiger partial charge on any atom is 0.190 e. The molecule has 0 spiro atoms. The first-order valence-corrected chi connectivity index (χ1v) is 7.46.